The predicted octanol–water partition coefficient (Wildman–Crippen LogP) is 3.33. The highest BCUT2D eigenvalue weighted by atomic mass is 35.5. The fourth-order valence-electron chi connectivity index (χ4n) is 2.59. The van der Waals surface area contributed by atoms with Gasteiger partial charge >= 0.3 is 0 Å². The summed E-state index contributed by atoms with van der Waals surface area (Å²) in [5.74, 6) is -0.173. The molecule has 6 nitrogen and oxygen atoms in total. The van der Waals surface area contributed by atoms with Crippen molar-refractivity contribution < 1.29 is 9.53 Å². The highest BCUT2D eigenvalue weighted by Gasteiger charge is 2.18. The summed E-state index contributed by atoms with van der Waals surface area (Å²) in [5.41, 5.74) is 0.464. The van der Waals surface area contributed by atoms with Gasteiger partial charge in [-0.1, -0.05) is 23.7 Å². The third kappa shape index (κ3) is 3.21. The quantitative estimate of drug-likeness (QED) is 0.777. The van der Waals surface area contributed by atoms with E-state index in [1.807, 2.05) is 13.0 Å². The molecule has 0 bridgehead atoms. The van der Waals surface area contributed by atoms with E-state index in [0.29, 0.717) is 33.9 Å². The second kappa shape index (κ2) is 6.94. The summed E-state index contributed by atoms with van der Waals surface area (Å²) in [6.07, 6.45) is 0. The van der Waals surface area contributed by atoms with Crippen molar-refractivity contribution in [1.29, 1.82) is 0 Å². The summed E-state index contributed by atoms with van der Waals surface area (Å²) in [5, 5.41) is 7.75. The molecule has 0 atom stereocenters. The Morgan fingerprint density at radius 2 is 2.04 bits per heavy atom. The van der Waals surface area contributed by atoms with Crippen LogP contribution in [-0.2, 0) is 6.54 Å². The number of fused-ring (bicyclic) bond motifs is 1. The van der Waals surface area contributed by atoms with Gasteiger partial charge in [-0.15, -0.1) is 0 Å². The molecule has 7 heteroatoms. The number of hydrogen-bond donors (Lipinski definition) is 1. The predicted molar refractivity (Wildman–Crippen MR) is 97.6 cm³/mol. The molecular formula is C18H16ClN3O3. The number of hydrogen-bond acceptors (Lipinski definition) is 4. The Hall–Kier alpha value is -2.86. The summed E-state index contributed by atoms with van der Waals surface area (Å²) in [7, 11) is 1.48. The molecule has 0 spiro atoms. The van der Waals surface area contributed by atoms with Crippen LogP contribution in [0.25, 0.3) is 10.9 Å². The lowest BCUT2D eigenvalue weighted by Gasteiger charge is -2.12. The molecule has 1 aromatic heterocycles. The molecule has 3 rings (SSSR count). The number of aromatic nitrogens is 2. The van der Waals surface area contributed by atoms with Gasteiger partial charge < -0.3 is 10.1 Å². The molecule has 0 saturated carbocycles. The molecule has 0 aliphatic heterocycles. The van der Waals surface area contributed by atoms with Crippen molar-refractivity contribution in [3.8, 4) is 5.75 Å². The Bertz CT molecular complexity index is 1010. The normalized spacial score (nSPS) is 10.7. The van der Waals surface area contributed by atoms with E-state index in [2.05, 4.69) is 10.4 Å². The maximum Gasteiger partial charge on any atom is 0.280 e. The van der Waals surface area contributed by atoms with E-state index in [9.17, 15) is 9.59 Å². The Balaban J connectivity index is 2.08. The molecule has 3 aromatic rings. The maximum absolute atomic E-state index is 12.7. The first-order valence-corrected chi connectivity index (χ1v) is 8.07. The zero-order valence-corrected chi connectivity index (χ0v) is 14.5. The van der Waals surface area contributed by atoms with E-state index in [-0.39, 0.29) is 5.69 Å². The van der Waals surface area contributed by atoms with Gasteiger partial charge in [0.25, 0.3) is 5.91 Å². The van der Waals surface area contributed by atoms with Gasteiger partial charge in [0.2, 0.25) is 5.43 Å². The summed E-state index contributed by atoms with van der Waals surface area (Å²) in [4.78, 5) is 25.3. The standard InChI is InChI=1S/C18H16ClN3O3/c1-3-22-14-7-5-4-6-12(14)17(23)16(21-22)18(24)20-13-10-11(19)8-9-15(13)25-2/h4-10H,3H2,1-2H3,(H,20,24). The summed E-state index contributed by atoms with van der Waals surface area (Å²) >= 11 is 5.97. The highest BCUT2D eigenvalue weighted by Crippen LogP contribution is 2.27. The van der Waals surface area contributed by atoms with E-state index < -0.39 is 11.3 Å². The number of amides is 1. The van der Waals surface area contributed by atoms with Crippen molar-refractivity contribution >= 4 is 34.1 Å². The fraction of sp³-hybridized carbons (Fsp3) is 0.167. The number of nitrogens with zero attached hydrogens (tertiary/aromatic N) is 2. The average Bonchev–Trinajstić information content (AvgIpc) is 2.62. The van der Waals surface area contributed by atoms with Crippen molar-refractivity contribution in [2.75, 3.05) is 12.4 Å². The molecule has 25 heavy (non-hydrogen) atoms. The van der Waals surface area contributed by atoms with Gasteiger partial charge in [-0.25, -0.2) is 0 Å². The average molecular weight is 358 g/mol. The minimum Gasteiger partial charge on any atom is -0.495 e. The lowest BCUT2D eigenvalue weighted by molar-refractivity contribution is 0.101. The second-order valence-corrected chi connectivity index (χ2v) is 5.75. The van der Waals surface area contributed by atoms with Crippen molar-refractivity contribution in [3.05, 3.63) is 63.4 Å². The number of methoxy groups -OCH3 is 1. The van der Waals surface area contributed by atoms with Gasteiger partial charge in [0.05, 0.1) is 18.3 Å². The lowest BCUT2D eigenvalue weighted by Crippen LogP contribution is -2.27. The van der Waals surface area contributed by atoms with Crippen LogP contribution in [0.4, 0.5) is 5.69 Å². The minimum atomic E-state index is -0.612. The van der Waals surface area contributed by atoms with Crippen LogP contribution < -0.4 is 15.5 Å². The molecule has 1 amide bonds. The lowest BCUT2D eigenvalue weighted by atomic mass is 10.2. The van der Waals surface area contributed by atoms with Crippen molar-refractivity contribution in [1.82, 2.24) is 9.78 Å². The third-order valence-electron chi connectivity index (χ3n) is 3.79. The molecule has 128 valence electrons. The molecule has 0 unspecified atom stereocenters. The van der Waals surface area contributed by atoms with Gasteiger partial charge in [-0.05, 0) is 37.3 Å². The largest absolute Gasteiger partial charge is 0.495 e. The van der Waals surface area contributed by atoms with Gasteiger partial charge in [0.1, 0.15) is 5.75 Å². The number of para-hydroxylation sites is 1. The Kier molecular flexibility index (Phi) is 4.72. The highest BCUT2D eigenvalue weighted by molar-refractivity contribution is 6.31. The van der Waals surface area contributed by atoms with Crippen LogP contribution in [0, 0.1) is 0 Å². The molecule has 2 aromatic carbocycles. The molecular weight excluding hydrogens is 342 g/mol. The minimum absolute atomic E-state index is 0.178. The third-order valence-corrected chi connectivity index (χ3v) is 4.02. The summed E-state index contributed by atoms with van der Waals surface area (Å²) in [6, 6.07) is 11.9. The Morgan fingerprint density at radius 3 is 2.76 bits per heavy atom. The number of carbonyl (C=O) groups is 1. The van der Waals surface area contributed by atoms with Gasteiger partial charge in [0, 0.05) is 17.0 Å². The van der Waals surface area contributed by atoms with Crippen LogP contribution >= 0.6 is 11.6 Å². The van der Waals surface area contributed by atoms with E-state index >= 15 is 0 Å². The van der Waals surface area contributed by atoms with E-state index in [1.165, 1.54) is 7.11 Å². The Labute approximate surface area is 149 Å². The first-order chi connectivity index (χ1) is 12.0. The summed E-state index contributed by atoms with van der Waals surface area (Å²) < 4.78 is 6.83. The molecule has 0 saturated heterocycles. The number of aryl methyl sites for hydroxylation is 1. The Morgan fingerprint density at radius 1 is 1.28 bits per heavy atom. The SMILES string of the molecule is CCn1nc(C(=O)Nc2cc(Cl)ccc2OC)c(=O)c2ccccc21. The number of ether oxygens (including phenoxy) is 1. The van der Waals surface area contributed by atoms with Crippen molar-refractivity contribution in [3.63, 3.8) is 0 Å². The van der Waals surface area contributed by atoms with Crippen LogP contribution in [0.2, 0.25) is 5.02 Å². The zero-order chi connectivity index (χ0) is 18.0. The number of anilines is 1. The van der Waals surface area contributed by atoms with Gasteiger partial charge in [-0.2, -0.15) is 5.10 Å². The number of benzene rings is 2. The first kappa shape index (κ1) is 17.0. The van der Waals surface area contributed by atoms with Gasteiger partial charge in [-0.3, -0.25) is 14.3 Å². The van der Waals surface area contributed by atoms with E-state index in [1.54, 1.807) is 41.1 Å². The monoisotopic (exact) mass is 357 g/mol. The number of nitrogens with one attached hydrogen (secondary N) is 1. The van der Waals surface area contributed by atoms with Crippen molar-refractivity contribution in [2.45, 2.75) is 13.5 Å². The number of carbonyl (C=O) groups excluding carboxylic acids is 1. The second-order valence-electron chi connectivity index (χ2n) is 5.31. The first-order valence-electron chi connectivity index (χ1n) is 7.70. The summed E-state index contributed by atoms with van der Waals surface area (Å²) in [6.45, 7) is 2.42. The number of rotatable bonds is 4. The van der Waals surface area contributed by atoms with Crippen LogP contribution in [0.15, 0.2) is 47.3 Å². The topological polar surface area (TPSA) is 73.2 Å². The van der Waals surface area contributed by atoms with Crippen molar-refractivity contribution in [2.24, 2.45) is 0 Å². The fourth-order valence-corrected chi connectivity index (χ4v) is 2.76. The smallest absolute Gasteiger partial charge is 0.280 e. The van der Waals surface area contributed by atoms with Crippen LogP contribution in [0.1, 0.15) is 17.4 Å². The molecule has 0 aliphatic rings. The molecule has 1 heterocycles. The molecule has 0 aliphatic carbocycles. The van der Waals surface area contributed by atoms with Crippen LogP contribution in [0.3, 0.4) is 0 Å². The molecule has 1 N–H and O–H groups in total. The van der Waals surface area contributed by atoms with E-state index in [0.717, 1.165) is 0 Å². The van der Waals surface area contributed by atoms with E-state index in [4.69, 9.17) is 16.3 Å². The molecule has 0 fully saturated rings. The molecule has 0 radical (unpaired) electrons. The van der Waals surface area contributed by atoms with Crippen LogP contribution in [-0.4, -0.2) is 22.8 Å². The van der Waals surface area contributed by atoms with Gasteiger partial charge in [0.15, 0.2) is 5.69 Å². The number of halogens is 1. The zero-order valence-electron chi connectivity index (χ0n) is 13.7. The maximum atomic E-state index is 12.7. The van der Waals surface area contributed by atoms with Crippen LogP contribution in [0.5, 0.6) is 5.75 Å².